The molecular formula is C14H18N2O4. The van der Waals surface area contributed by atoms with Gasteiger partial charge < -0.3 is 21.3 Å². The van der Waals surface area contributed by atoms with Crippen molar-refractivity contribution in [1.29, 1.82) is 0 Å². The molecule has 2 atom stereocenters. The number of carbonyl (C=O) groups is 2. The smallest absolute Gasteiger partial charge is 0.326 e. The Morgan fingerprint density at radius 3 is 2.45 bits per heavy atom. The summed E-state index contributed by atoms with van der Waals surface area (Å²) >= 11 is 0. The van der Waals surface area contributed by atoms with Crippen LogP contribution in [0.4, 0.5) is 0 Å². The third kappa shape index (κ3) is 4.74. The average Bonchev–Trinajstić information content (AvgIpc) is 2.40. The molecule has 0 aliphatic rings. The first kappa shape index (κ1) is 15.7. The number of benzene rings is 1. The number of phenolic OH excluding ortho intramolecular Hbond substituents is 1. The molecule has 1 unspecified atom stereocenters. The maximum atomic E-state index is 11.8. The molecule has 1 aromatic carbocycles. The molecule has 0 bridgehead atoms. The highest BCUT2D eigenvalue weighted by atomic mass is 16.4. The van der Waals surface area contributed by atoms with Crippen LogP contribution in [0.15, 0.2) is 36.9 Å². The van der Waals surface area contributed by atoms with Crippen molar-refractivity contribution in [3.63, 3.8) is 0 Å². The largest absolute Gasteiger partial charge is 0.508 e. The third-order valence-electron chi connectivity index (χ3n) is 2.75. The molecule has 0 aromatic heterocycles. The fraction of sp³-hybridized carbons (Fsp3) is 0.286. The van der Waals surface area contributed by atoms with E-state index in [2.05, 4.69) is 11.9 Å². The zero-order valence-corrected chi connectivity index (χ0v) is 11.0. The molecule has 1 aromatic rings. The molecule has 6 heteroatoms. The van der Waals surface area contributed by atoms with E-state index in [1.54, 1.807) is 12.1 Å². The van der Waals surface area contributed by atoms with E-state index < -0.39 is 24.0 Å². The lowest BCUT2D eigenvalue weighted by Crippen LogP contribution is -2.49. The van der Waals surface area contributed by atoms with Crippen molar-refractivity contribution in [2.24, 2.45) is 5.73 Å². The van der Waals surface area contributed by atoms with Crippen LogP contribution < -0.4 is 11.1 Å². The molecule has 0 fully saturated rings. The van der Waals surface area contributed by atoms with Crippen LogP contribution in [0.2, 0.25) is 0 Å². The summed E-state index contributed by atoms with van der Waals surface area (Å²) in [5.74, 6) is -1.54. The van der Waals surface area contributed by atoms with E-state index in [1.807, 2.05) is 0 Å². The number of amides is 1. The number of phenols is 1. The third-order valence-corrected chi connectivity index (χ3v) is 2.75. The number of carboxylic acids is 1. The fourth-order valence-corrected chi connectivity index (χ4v) is 1.65. The first-order valence-electron chi connectivity index (χ1n) is 6.11. The maximum absolute atomic E-state index is 11.8. The highest BCUT2D eigenvalue weighted by Crippen LogP contribution is 2.11. The number of rotatable bonds is 7. The lowest BCUT2D eigenvalue weighted by atomic mass is 10.1. The summed E-state index contributed by atoms with van der Waals surface area (Å²) in [7, 11) is 0. The van der Waals surface area contributed by atoms with Gasteiger partial charge in [0.1, 0.15) is 11.8 Å². The monoisotopic (exact) mass is 278 g/mol. The molecule has 1 amide bonds. The zero-order valence-electron chi connectivity index (χ0n) is 11.0. The molecule has 6 nitrogen and oxygen atoms in total. The molecular weight excluding hydrogens is 260 g/mol. The second-order valence-corrected chi connectivity index (χ2v) is 4.40. The van der Waals surface area contributed by atoms with Gasteiger partial charge in [0.15, 0.2) is 0 Å². The quantitative estimate of drug-likeness (QED) is 0.539. The molecule has 0 radical (unpaired) electrons. The first-order chi connectivity index (χ1) is 9.43. The zero-order chi connectivity index (χ0) is 15.1. The van der Waals surface area contributed by atoms with Crippen LogP contribution in [0, 0.1) is 0 Å². The number of nitrogens with one attached hydrogen (secondary N) is 1. The van der Waals surface area contributed by atoms with Crippen molar-refractivity contribution in [3.8, 4) is 5.75 Å². The van der Waals surface area contributed by atoms with Gasteiger partial charge in [0.05, 0.1) is 6.04 Å². The van der Waals surface area contributed by atoms with Gasteiger partial charge in [0.2, 0.25) is 5.91 Å². The fourth-order valence-electron chi connectivity index (χ4n) is 1.65. The summed E-state index contributed by atoms with van der Waals surface area (Å²) in [6, 6.07) is 4.43. The summed E-state index contributed by atoms with van der Waals surface area (Å²) in [5, 5.41) is 20.4. The molecule has 1 rings (SSSR count). The Kier molecular flexibility index (Phi) is 5.74. The van der Waals surface area contributed by atoms with Crippen molar-refractivity contribution < 1.29 is 19.8 Å². The standard InChI is InChI=1S/C14H18N2O4/c1-2-3-12(14(19)20)16-13(18)11(15)8-9-4-6-10(17)7-5-9/h2,4-7,11-12,17H,1,3,8,15H2,(H,16,18)(H,19,20)/t11-,12?/m1/s1. The van der Waals surface area contributed by atoms with Gasteiger partial charge >= 0.3 is 5.97 Å². The number of carbonyl (C=O) groups excluding carboxylic acids is 1. The summed E-state index contributed by atoms with van der Waals surface area (Å²) in [4.78, 5) is 22.7. The molecule has 20 heavy (non-hydrogen) atoms. The molecule has 0 saturated carbocycles. The number of nitrogens with two attached hydrogens (primary N) is 1. The topological polar surface area (TPSA) is 113 Å². The second-order valence-electron chi connectivity index (χ2n) is 4.40. The minimum atomic E-state index is -1.13. The Morgan fingerprint density at radius 2 is 1.95 bits per heavy atom. The normalized spacial score (nSPS) is 13.2. The van der Waals surface area contributed by atoms with E-state index in [4.69, 9.17) is 15.9 Å². The number of hydrogen-bond acceptors (Lipinski definition) is 4. The highest BCUT2D eigenvalue weighted by molar-refractivity contribution is 5.87. The second kappa shape index (κ2) is 7.30. The number of aromatic hydroxyl groups is 1. The van der Waals surface area contributed by atoms with E-state index in [1.165, 1.54) is 18.2 Å². The van der Waals surface area contributed by atoms with Gasteiger partial charge in [-0.25, -0.2) is 4.79 Å². The summed E-state index contributed by atoms with van der Waals surface area (Å²) in [6.07, 6.45) is 1.81. The Morgan fingerprint density at radius 1 is 1.35 bits per heavy atom. The van der Waals surface area contributed by atoms with Crippen molar-refractivity contribution in [2.45, 2.75) is 24.9 Å². The Hall–Kier alpha value is -2.34. The van der Waals surface area contributed by atoms with Crippen LogP contribution in [0.3, 0.4) is 0 Å². The van der Waals surface area contributed by atoms with Crippen LogP contribution >= 0.6 is 0 Å². The van der Waals surface area contributed by atoms with Gasteiger partial charge in [-0.05, 0) is 30.5 Å². The molecule has 108 valence electrons. The van der Waals surface area contributed by atoms with E-state index >= 15 is 0 Å². The van der Waals surface area contributed by atoms with Crippen molar-refractivity contribution in [2.75, 3.05) is 0 Å². The molecule has 0 aliphatic carbocycles. The summed E-state index contributed by atoms with van der Waals surface area (Å²) < 4.78 is 0. The van der Waals surface area contributed by atoms with E-state index in [0.717, 1.165) is 5.56 Å². The Bertz CT molecular complexity index is 484. The predicted molar refractivity (Wildman–Crippen MR) is 74.2 cm³/mol. The van der Waals surface area contributed by atoms with Crippen LogP contribution in [0.5, 0.6) is 5.75 Å². The van der Waals surface area contributed by atoms with Gasteiger partial charge in [-0.2, -0.15) is 0 Å². The van der Waals surface area contributed by atoms with E-state index in [-0.39, 0.29) is 18.6 Å². The highest BCUT2D eigenvalue weighted by Gasteiger charge is 2.22. The first-order valence-corrected chi connectivity index (χ1v) is 6.11. The maximum Gasteiger partial charge on any atom is 0.326 e. The van der Waals surface area contributed by atoms with Crippen molar-refractivity contribution >= 4 is 11.9 Å². The molecule has 0 spiro atoms. The van der Waals surface area contributed by atoms with Gasteiger partial charge in [-0.15, -0.1) is 6.58 Å². The van der Waals surface area contributed by atoms with Crippen LogP contribution in [0.1, 0.15) is 12.0 Å². The number of aliphatic carboxylic acids is 1. The predicted octanol–water partition coefficient (Wildman–Crippen LogP) is 0.407. The van der Waals surface area contributed by atoms with Crippen LogP contribution in [-0.2, 0) is 16.0 Å². The minimum absolute atomic E-state index is 0.128. The summed E-state index contributed by atoms with van der Waals surface area (Å²) in [6.45, 7) is 3.44. The lowest BCUT2D eigenvalue weighted by Gasteiger charge is -2.16. The lowest BCUT2D eigenvalue weighted by molar-refractivity contribution is -0.141. The molecule has 0 saturated heterocycles. The van der Waals surface area contributed by atoms with E-state index in [9.17, 15) is 9.59 Å². The molecule has 5 N–H and O–H groups in total. The van der Waals surface area contributed by atoms with Crippen molar-refractivity contribution in [3.05, 3.63) is 42.5 Å². The van der Waals surface area contributed by atoms with Crippen LogP contribution in [0.25, 0.3) is 0 Å². The molecule has 0 heterocycles. The number of carboxylic acid groups (broad SMARTS) is 1. The molecule has 0 aliphatic heterocycles. The van der Waals surface area contributed by atoms with Gasteiger partial charge in [0, 0.05) is 0 Å². The van der Waals surface area contributed by atoms with Gasteiger partial charge in [0.25, 0.3) is 0 Å². The average molecular weight is 278 g/mol. The summed E-state index contributed by atoms with van der Waals surface area (Å²) in [5.41, 5.74) is 6.52. The Balaban J connectivity index is 2.59. The minimum Gasteiger partial charge on any atom is -0.508 e. The van der Waals surface area contributed by atoms with Gasteiger partial charge in [-0.3, -0.25) is 4.79 Å². The number of hydrogen-bond donors (Lipinski definition) is 4. The van der Waals surface area contributed by atoms with E-state index in [0.29, 0.717) is 0 Å². The van der Waals surface area contributed by atoms with Crippen LogP contribution in [-0.4, -0.2) is 34.2 Å². The van der Waals surface area contributed by atoms with Gasteiger partial charge in [-0.1, -0.05) is 18.2 Å². The SMILES string of the molecule is C=CCC(NC(=O)[C@H](N)Cc1ccc(O)cc1)C(=O)O. The Labute approximate surface area is 116 Å². The van der Waals surface area contributed by atoms with Crippen molar-refractivity contribution in [1.82, 2.24) is 5.32 Å².